The SMILES string of the molecule is N#CCCn1ncc2c(=O)[nH]cnc21. The molecule has 0 bridgehead atoms. The van der Waals surface area contributed by atoms with Crippen molar-refractivity contribution in [3.63, 3.8) is 0 Å². The lowest BCUT2D eigenvalue weighted by molar-refractivity contribution is 0.643. The summed E-state index contributed by atoms with van der Waals surface area (Å²) >= 11 is 0. The highest BCUT2D eigenvalue weighted by atomic mass is 16.1. The first-order chi connectivity index (χ1) is 6.83. The van der Waals surface area contributed by atoms with Crippen LogP contribution in [0.5, 0.6) is 0 Å². The number of aromatic nitrogens is 4. The van der Waals surface area contributed by atoms with Crippen molar-refractivity contribution in [1.29, 1.82) is 5.26 Å². The summed E-state index contributed by atoms with van der Waals surface area (Å²) in [6.07, 6.45) is 3.14. The van der Waals surface area contributed by atoms with Crippen molar-refractivity contribution in [2.24, 2.45) is 0 Å². The van der Waals surface area contributed by atoms with Crippen LogP contribution in [-0.2, 0) is 6.54 Å². The van der Waals surface area contributed by atoms with Crippen LogP contribution in [0.1, 0.15) is 6.42 Å². The molecule has 2 heterocycles. The summed E-state index contributed by atoms with van der Waals surface area (Å²) in [6.45, 7) is 0.455. The Labute approximate surface area is 78.8 Å². The molecule has 0 atom stereocenters. The minimum absolute atomic E-state index is 0.210. The van der Waals surface area contributed by atoms with Gasteiger partial charge < -0.3 is 4.98 Å². The van der Waals surface area contributed by atoms with Crippen LogP contribution in [0.25, 0.3) is 11.0 Å². The highest BCUT2D eigenvalue weighted by Crippen LogP contribution is 2.04. The average molecular weight is 189 g/mol. The van der Waals surface area contributed by atoms with E-state index in [1.807, 2.05) is 6.07 Å². The number of hydrogen-bond donors (Lipinski definition) is 1. The van der Waals surface area contributed by atoms with E-state index in [1.165, 1.54) is 12.5 Å². The molecule has 70 valence electrons. The summed E-state index contributed by atoms with van der Waals surface area (Å²) in [4.78, 5) is 17.7. The number of fused-ring (bicyclic) bond motifs is 1. The first kappa shape index (κ1) is 8.44. The molecule has 6 heteroatoms. The molecule has 2 aromatic heterocycles. The van der Waals surface area contributed by atoms with E-state index in [-0.39, 0.29) is 5.56 Å². The molecule has 6 nitrogen and oxygen atoms in total. The lowest BCUT2D eigenvalue weighted by Gasteiger charge is -1.96. The van der Waals surface area contributed by atoms with Crippen molar-refractivity contribution < 1.29 is 0 Å². The molecule has 2 aromatic rings. The third-order valence-electron chi connectivity index (χ3n) is 1.87. The molecule has 0 unspecified atom stereocenters. The van der Waals surface area contributed by atoms with Gasteiger partial charge in [-0.05, 0) is 0 Å². The monoisotopic (exact) mass is 189 g/mol. The number of aromatic amines is 1. The molecule has 2 rings (SSSR count). The largest absolute Gasteiger partial charge is 0.312 e. The van der Waals surface area contributed by atoms with Crippen LogP contribution in [0.4, 0.5) is 0 Å². The van der Waals surface area contributed by atoms with Crippen molar-refractivity contribution in [2.75, 3.05) is 0 Å². The zero-order valence-corrected chi connectivity index (χ0v) is 7.27. The van der Waals surface area contributed by atoms with E-state index in [0.29, 0.717) is 24.0 Å². The van der Waals surface area contributed by atoms with Gasteiger partial charge in [0.25, 0.3) is 5.56 Å². The summed E-state index contributed by atoms with van der Waals surface area (Å²) in [5, 5.41) is 12.8. The lowest BCUT2D eigenvalue weighted by Crippen LogP contribution is -2.07. The fourth-order valence-electron chi connectivity index (χ4n) is 1.22. The molecule has 0 saturated carbocycles. The molecule has 1 N–H and O–H groups in total. The second kappa shape index (κ2) is 3.30. The van der Waals surface area contributed by atoms with Crippen LogP contribution < -0.4 is 5.56 Å². The highest BCUT2D eigenvalue weighted by molar-refractivity contribution is 5.72. The summed E-state index contributed by atoms with van der Waals surface area (Å²) in [7, 11) is 0. The van der Waals surface area contributed by atoms with Gasteiger partial charge in [-0.3, -0.25) is 4.79 Å². The molecule has 0 radical (unpaired) electrons. The summed E-state index contributed by atoms with van der Waals surface area (Å²) < 4.78 is 1.55. The summed E-state index contributed by atoms with van der Waals surface area (Å²) in [5.74, 6) is 0. The van der Waals surface area contributed by atoms with Gasteiger partial charge in [-0.25, -0.2) is 9.67 Å². The van der Waals surface area contributed by atoms with Crippen molar-refractivity contribution >= 4 is 11.0 Å². The van der Waals surface area contributed by atoms with Crippen molar-refractivity contribution in [2.45, 2.75) is 13.0 Å². The smallest absolute Gasteiger partial charge is 0.261 e. The van der Waals surface area contributed by atoms with E-state index in [2.05, 4.69) is 15.1 Å². The molecule has 0 fully saturated rings. The lowest BCUT2D eigenvalue weighted by atomic mass is 10.4. The molecular weight excluding hydrogens is 182 g/mol. The fraction of sp³-hybridized carbons (Fsp3) is 0.250. The minimum Gasteiger partial charge on any atom is -0.312 e. The van der Waals surface area contributed by atoms with Gasteiger partial charge in [0.15, 0.2) is 5.65 Å². The number of aryl methyl sites for hydroxylation is 1. The van der Waals surface area contributed by atoms with E-state index in [4.69, 9.17) is 5.26 Å². The first-order valence-corrected chi connectivity index (χ1v) is 4.09. The molecule has 0 aliphatic rings. The summed E-state index contributed by atoms with van der Waals surface area (Å²) in [5.41, 5.74) is 0.308. The third-order valence-corrected chi connectivity index (χ3v) is 1.87. The van der Waals surface area contributed by atoms with E-state index in [9.17, 15) is 4.79 Å². The second-order valence-electron chi connectivity index (χ2n) is 2.74. The molecule has 0 spiro atoms. The molecule has 0 amide bonds. The van der Waals surface area contributed by atoms with Gasteiger partial charge >= 0.3 is 0 Å². The van der Waals surface area contributed by atoms with Gasteiger partial charge in [0.2, 0.25) is 0 Å². The number of hydrogen-bond acceptors (Lipinski definition) is 4. The number of rotatable bonds is 2. The normalized spacial score (nSPS) is 10.2. The molecular formula is C8H7N5O. The summed E-state index contributed by atoms with van der Waals surface area (Å²) in [6, 6.07) is 2.01. The van der Waals surface area contributed by atoms with Crippen LogP contribution in [-0.4, -0.2) is 19.7 Å². The zero-order valence-electron chi connectivity index (χ0n) is 7.27. The Hall–Kier alpha value is -2.16. The van der Waals surface area contributed by atoms with E-state index in [1.54, 1.807) is 4.68 Å². The quantitative estimate of drug-likeness (QED) is 0.722. The molecule has 0 aliphatic carbocycles. The van der Waals surface area contributed by atoms with Gasteiger partial charge in [0.05, 0.1) is 31.6 Å². The van der Waals surface area contributed by atoms with Gasteiger partial charge in [-0.2, -0.15) is 10.4 Å². The fourth-order valence-corrected chi connectivity index (χ4v) is 1.22. The van der Waals surface area contributed by atoms with Crippen LogP contribution in [0, 0.1) is 11.3 Å². The van der Waals surface area contributed by atoms with Gasteiger partial charge in [-0.15, -0.1) is 0 Å². The molecule has 0 aliphatic heterocycles. The second-order valence-corrected chi connectivity index (χ2v) is 2.74. The Bertz CT molecular complexity index is 547. The van der Waals surface area contributed by atoms with Crippen LogP contribution in [0.3, 0.4) is 0 Å². The number of nitrogens with one attached hydrogen (secondary N) is 1. The maximum absolute atomic E-state index is 11.3. The van der Waals surface area contributed by atoms with E-state index >= 15 is 0 Å². The average Bonchev–Trinajstić information content (AvgIpc) is 2.60. The van der Waals surface area contributed by atoms with Gasteiger partial charge in [-0.1, -0.05) is 0 Å². The van der Waals surface area contributed by atoms with E-state index in [0.717, 1.165) is 0 Å². The van der Waals surface area contributed by atoms with Crippen molar-refractivity contribution in [3.8, 4) is 6.07 Å². The van der Waals surface area contributed by atoms with Crippen molar-refractivity contribution in [3.05, 3.63) is 22.9 Å². The topological polar surface area (TPSA) is 87.4 Å². The molecule has 0 saturated heterocycles. The Morgan fingerprint density at radius 2 is 2.50 bits per heavy atom. The van der Waals surface area contributed by atoms with Crippen molar-refractivity contribution in [1.82, 2.24) is 19.7 Å². The Kier molecular flexibility index (Phi) is 1.99. The van der Waals surface area contributed by atoms with Crippen LogP contribution in [0.15, 0.2) is 17.3 Å². The Balaban J connectivity index is 2.54. The standard InChI is InChI=1S/C8H7N5O/c9-2-1-3-13-7-6(4-12-13)8(14)11-5-10-7/h4-5H,1,3H2,(H,10,11,14). The predicted octanol–water partition coefficient (Wildman–Crippen LogP) is 0.0333. The predicted molar refractivity (Wildman–Crippen MR) is 48.4 cm³/mol. The number of nitrogens with zero attached hydrogens (tertiary/aromatic N) is 4. The Morgan fingerprint density at radius 3 is 3.29 bits per heavy atom. The number of nitriles is 1. The van der Waals surface area contributed by atoms with Gasteiger partial charge in [0, 0.05) is 0 Å². The van der Waals surface area contributed by atoms with Crippen LogP contribution >= 0.6 is 0 Å². The zero-order chi connectivity index (χ0) is 9.97. The first-order valence-electron chi connectivity index (χ1n) is 4.09. The molecule has 0 aromatic carbocycles. The van der Waals surface area contributed by atoms with E-state index < -0.39 is 0 Å². The Morgan fingerprint density at radius 1 is 1.64 bits per heavy atom. The molecule has 14 heavy (non-hydrogen) atoms. The maximum atomic E-state index is 11.3. The minimum atomic E-state index is -0.210. The highest BCUT2D eigenvalue weighted by Gasteiger charge is 2.05. The number of H-pyrrole nitrogens is 1. The maximum Gasteiger partial charge on any atom is 0.261 e. The van der Waals surface area contributed by atoms with Gasteiger partial charge in [0.1, 0.15) is 5.39 Å². The third kappa shape index (κ3) is 1.25. The van der Waals surface area contributed by atoms with Crippen LogP contribution in [0.2, 0.25) is 0 Å².